The first-order chi connectivity index (χ1) is 11.8. The van der Waals surface area contributed by atoms with Crippen molar-refractivity contribution in [1.82, 2.24) is 4.90 Å². The standard InChI is InChI=1S/C16H21ClFN3O4/c1-10(15(22)23)9-20(2)16(24)19-12-4-3-11(17)13(18)14(12)21-5-7-25-8-6-21/h3-4,10H,5-9H2,1-2H3,(H,19,24)(H,22,23). The zero-order chi connectivity index (χ0) is 18.6. The first kappa shape index (κ1) is 19.3. The lowest BCUT2D eigenvalue weighted by Gasteiger charge is -2.31. The Balaban J connectivity index is 2.19. The lowest BCUT2D eigenvalue weighted by atomic mass is 10.2. The van der Waals surface area contributed by atoms with Crippen LogP contribution in [0.25, 0.3) is 0 Å². The monoisotopic (exact) mass is 373 g/mol. The molecule has 2 N–H and O–H groups in total. The van der Waals surface area contributed by atoms with E-state index in [9.17, 15) is 14.0 Å². The number of hydrogen-bond acceptors (Lipinski definition) is 4. The van der Waals surface area contributed by atoms with Crippen LogP contribution < -0.4 is 10.2 Å². The summed E-state index contributed by atoms with van der Waals surface area (Å²) in [6, 6.07) is 2.38. The Bertz CT molecular complexity index is 653. The number of anilines is 2. The van der Waals surface area contributed by atoms with Crippen molar-refractivity contribution in [2.75, 3.05) is 50.1 Å². The van der Waals surface area contributed by atoms with Crippen LogP contribution >= 0.6 is 11.6 Å². The second-order valence-corrected chi connectivity index (χ2v) is 6.31. The zero-order valence-electron chi connectivity index (χ0n) is 14.1. The van der Waals surface area contributed by atoms with E-state index in [1.165, 1.54) is 31.0 Å². The minimum absolute atomic E-state index is 0.0319. The molecule has 0 spiro atoms. The van der Waals surface area contributed by atoms with Gasteiger partial charge in [0.1, 0.15) is 0 Å². The highest BCUT2D eigenvalue weighted by atomic mass is 35.5. The lowest BCUT2D eigenvalue weighted by Crippen LogP contribution is -2.39. The third kappa shape index (κ3) is 4.73. The van der Waals surface area contributed by atoms with Gasteiger partial charge in [-0.05, 0) is 12.1 Å². The summed E-state index contributed by atoms with van der Waals surface area (Å²) in [4.78, 5) is 26.3. The Morgan fingerprint density at radius 2 is 2.08 bits per heavy atom. The maximum absolute atomic E-state index is 14.6. The van der Waals surface area contributed by atoms with Crippen molar-refractivity contribution in [3.05, 3.63) is 23.0 Å². The summed E-state index contributed by atoms with van der Waals surface area (Å²) >= 11 is 5.89. The number of morpholine rings is 1. The zero-order valence-corrected chi connectivity index (χ0v) is 14.8. The average molecular weight is 374 g/mol. The highest BCUT2D eigenvalue weighted by molar-refractivity contribution is 6.31. The number of halogens is 2. The van der Waals surface area contributed by atoms with Crippen molar-refractivity contribution >= 4 is 35.0 Å². The molecule has 0 radical (unpaired) electrons. The summed E-state index contributed by atoms with van der Waals surface area (Å²) in [5, 5.41) is 11.5. The molecule has 1 fully saturated rings. The molecule has 0 bridgehead atoms. The molecule has 2 amide bonds. The van der Waals surface area contributed by atoms with E-state index in [0.717, 1.165) is 0 Å². The van der Waals surface area contributed by atoms with Gasteiger partial charge in [-0.25, -0.2) is 9.18 Å². The predicted octanol–water partition coefficient (Wildman–Crippen LogP) is 2.50. The summed E-state index contributed by atoms with van der Waals surface area (Å²) in [6.07, 6.45) is 0. The molecule has 2 rings (SSSR count). The van der Waals surface area contributed by atoms with Gasteiger partial charge in [0.25, 0.3) is 0 Å². The summed E-state index contributed by atoms with van der Waals surface area (Å²) in [6.45, 7) is 3.40. The number of nitrogens with zero attached hydrogens (tertiary/aromatic N) is 2. The fourth-order valence-electron chi connectivity index (χ4n) is 2.52. The third-order valence-electron chi connectivity index (χ3n) is 3.95. The van der Waals surface area contributed by atoms with Gasteiger partial charge in [0.05, 0.1) is 35.5 Å². The van der Waals surface area contributed by atoms with E-state index in [-0.39, 0.29) is 22.9 Å². The van der Waals surface area contributed by atoms with E-state index in [1.54, 1.807) is 4.90 Å². The van der Waals surface area contributed by atoms with Gasteiger partial charge in [-0.1, -0.05) is 18.5 Å². The Morgan fingerprint density at radius 1 is 1.44 bits per heavy atom. The van der Waals surface area contributed by atoms with Crippen molar-refractivity contribution in [2.24, 2.45) is 5.92 Å². The first-order valence-corrected chi connectivity index (χ1v) is 8.24. The van der Waals surface area contributed by atoms with E-state index in [4.69, 9.17) is 21.4 Å². The second-order valence-electron chi connectivity index (χ2n) is 5.91. The number of benzene rings is 1. The molecule has 0 aromatic heterocycles. The van der Waals surface area contributed by atoms with Crippen LogP contribution in [0.1, 0.15) is 6.92 Å². The van der Waals surface area contributed by atoms with Gasteiger partial charge in [-0.15, -0.1) is 0 Å². The van der Waals surface area contributed by atoms with Crippen LogP contribution in [0.3, 0.4) is 0 Å². The van der Waals surface area contributed by atoms with Gasteiger partial charge in [-0.2, -0.15) is 0 Å². The van der Waals surface area contributed by atoms with Crippen LogP contribution in [0.15, 0.2) is 12.1 Å². The Kier molecular flexibility index (Phi) is 6.44. The fourth-order valence-corrected chi connectivity index (χ4v) is 2.67. The number of carbonyl (C=O) groups excluding carboxylic acids is 1. The molecule has 1 aromatic rings. The number of nitrogens with one attached hydrogen (secondary N) is 1. The van der Waals surface area contributed by atoms with Crippen LogP contribution in [0.5, 0.6) is 0 Å². The maximum atomic E-state index is 14.6. The molecule has 25 heavy (non-hydrogen) atoms. The molecule has 0 saturated carbocycles. The van der Waals surface area contributed by atoms with E-state index in [1.807, 2.05) is 0 Å². The molecule has 138 valence electrons. The van der Waals surface area contributed by atoms with Crippen molar-refractivity contribution in [3.8, 4) is 0 Å². The highest BCUT2D eigenvalue weighted by Gasteiger charge is 2.24. The number of carbonyl (C=O) groups is 2. The molecule has 1 saturated heterocycles. The second kappa shape index (κ2) is 8.35. The van der Waals surface area contributed by atoms with E-state index < -0.39 is 23.7 Å². The number of carboxylic acids is 1. The van der Waals surface area contributed by atoms with Gasteiger partial charge in [0, 0.05) is 26.7 Å². The van der Waals surface area contributed by atoms with Crippen molar-refractivity contribution in [2.45, 2.75) is 6.92 Å². The van der Waals surface area contributed by atoms with Gasteiger partial charge in [-0.3, -0.25) is 4.79 Å². The summed E-state index contributed by atoms with van der Waals surface area (Å²) in [5.41, 5.74) is 0.493. The molecule has 1 unspecified atom stereocenters. The average Bonchev–Trinajstić information content (AvgIpc) is 2.58. The molecule has 1 aromatic carbocycles. The molecular weight excluding hydrogens is 353 g/mol. The minimum atomic E-state index is -0.994. The quantitative estimate of drug-likeness (QED) is 0.828. The number of aliphatic carboxylic acids is 1. The van der Waals surface area contributed by atoms with Gasteiger partial charge in [0.15, 0.2) is 5.82 Å². The van der Waals surface area contributed by atoms with Crippen molar-refractivity contribution in [1.29, 1.82) is 0 Å². The molecule has 9 heteroatoms. The maximum Gasteiger partial charge on any atom is 0.321 e. The van der Waals surface area contributed by atoms with Crippen molar-refractivity contribution < 1.29 is 23.8 Å². The lowest BCUT2D eigenvalue weighted by molar-refractivity contribution is -0.141. The molecule has 0 aliphatic carbocycles. The van der Waals surface area contributed by atoms with E-state index in [2.05, 4.69) is 5.32 Å². The first-order valence-electron chi connectivity index (χ1n) is 7.87. The molecule has 1 heterocycles. The number of urea groups is 1. The summed E-state index contributed by atoms with van der Waals surface area (Å²) in [7, 11) is 1.48. The van der Waals surface area contributed by atoms with Gasteiger partial charge in [0.2, 0.25) is 0 Å². The number of hydrogen-bond donors (Lipinski definition) is 2. The molecule has 1 atom stereocenters. The molecule has 7 nitrogen and oxygen atoms in total. The smallest absolute Gasteiger partial charge is 0.321 e. The minimum Gasteiger partial charge on any atom is -0.481 e. The van der Waals surface area contributed by atoms with Crippen LogP contribution in [0.2, 0.25) is 5.02 Å². The fraction of sp³-hybridized carbons (Fsp3) is 0.500. The number of rotatable bonds is 5. The van der Waals surface area contributed by atoms with Gasteiger partial charge >= 0.3 is 12.0 Å². The predicted molar refractivity (Wildman–Crippen MR) is 92.9 cm³/mol. The summed E-state index contributed by atoms with van der Waals surface area (Å²) in [5.74, 6) is -2.31. The summed E-state index contributed by atoms with van der Waals surface area (Å²) < 4.78 is 19.8. The number of amides is 2. The molecular formula is C16H21ClFN3O4. The largest absolute Gasteiger partial charge is 0.481 e. The van der Waals surface area contributed by atoms with Crippen LogP contribution in [0.4, 0.5) is 20.6 Å². The Hall–Kier alpha value is -2.06. The number of ether oxygens (including phenoxy) is 1. The Labute approximate surface area is 150 Å². The van der Waals surface area contributed by atoms with Crippen LogP contribution in [0, 0.1) is 11.7 Å². The topological polar surface area (TPSA) is 82.1 Å². The number of carboxylic acid groups (broad SMARTS) is 1. The highest BCUT2D eigenvalue weighted by Crippen LogP contribution is 2.34. The molecule has 1 aliphatic heterocycles. The normalized spacial score (nSPS) is 15.6. The SMILES string of the molecule is CC(CN(C)C(=O)Nc1ccc(Cl)c(F)c1N1CCOCC1)C(=O)O. The molecule has 1 aliphatic rings. The van der Waals surface area contributed by atoms with Crippen LogP contribution in [-0.2, 0) is 9.53 Å². The third-order valence-corrected chi connectivity index (χ3v) is 4.25. The van der Waals surface area contributed by atoms with Gasteiger partial charge < -0.3 is 25.0 Å². The van der Waals surface area contributed by atoms with Crippen molar-refractivity contribution in [3.63, 3.8) is 0 Å². The van der Waals surface area contributed by atoms with E-state index >= 15 is 0 Å². The Morgan fingerprint density at radius 3 is 2.68 bits per heavy atom. The van der Waals surface area contributed by atoms with E-state index in [0.29, 0.717) is 26.3 Å². The van der Waals surface area contributed by atoms with Crippen LogP contribution in [-0.4, -0.2) is 61.9 Å².